The van der Waals surface area contributed by atoms with Gasteiger partial charge in [-0.1, -0.05) is 28.1 Å². The molecule has 78 valence electrons. The van der Waals surface area contributed by atoms with E-state index in [1.54, 1.807) is 13.8 Å². The fraction of sp³-hybridized carbons (Fsp3) is 0.455. The maximum atomic E-state index is 13.8. The van der Waals surface area contributed by atoms with Crippen molar-refractivity contribution in [2.75, 3.05) is 6.54 Å². The van der Waals surface area contributed by atoms with Gasteiger partial charge in [0.25, 0.3) is 0 Å². The Morgan fingerprint density at radius 2 is 2.14 bits per heavy atom. The van der Waals surface area contributed by atoms with E-state index in [1.165, 1.54) is 0 Å². The van der Waals surface area contributed by atoms with Crippen LogP contribution in [0.15, 0.2) is 28.7 Å². The second kappa shape index (κ2) is 4.41. The van der Waals surface area contributed by atoms with Crippen molar-refractivity contribution in [2.24, 2.45) is 5.73 Å². The number of nitrogens with two attached hydrogens (primary N) is 1. The molecule has 1 aromatic carbocycles. The predicted octanol–water partition coefficient (Wildman–Crippen LogP) is 3.24. The minimum absolute atomic E-state index is 0.250. The van der Waals surface area contributed by atoms with Crippen LogP contribution in [0.5, 0.6) is 0 Å². The zero-order valence-electron chi connectivity index (χ0n) is 8.43. The normalized spacial score (nSPS) is 14.1. The molecular weight excluding hydrogens is 245 g/mol. The molecule has 3 heteroatoms. The van der Waals surface area contributed by atoms with Crippen LogP contribution >= 0.6 is 15.9 Å². The lowest BCUT2D eigenvalue weighted by molar-refractivity contribution is 0.174. The second-order valence-corrected chi connectivity index (χ2v) is 4.82. The Hall–Kier alpha value is -0.410. The molecule has 0 aliphatic heterocycles. The Labute approximate surface area is 92.6 Å². The summed E-state index contributed by atoms with van der Waals surface area (Å²) in [6.45, 7) is 3.44. The maximum Gasteiger partial charge on any atom is 0.113 e. The van der Waals surface area contributed by atoms with Gasteiger partial charge < -0.3 is 5.73 Å². The molecule has 0 amide bonds. The lowest BCUT2D eigenvalue weighted by Crippen LogP contribution is -2.30. The van der Waals surface area contributed by atoms with Gasteiger partial charge in [-0.3, -0.25) is 0 Å². The van der Waals surface area contributed by atoms with Crippen LogP contribution in [0.3, 0.4) is 0 Å². The third-order valence-corrected chi connectivity index (χ3v) is 2.81. The summed E-state index contributed by atoms with van der Waals surface area (Å²) in [5, 5.41) is 0. The summed E-state index contributed by atoms with van der Waals surface area (Å²) in [5.74, 6) is -0.250. The van der Waals surface area contributed by atoms with Gasteiger partial charge in [0, 0.05) is 16.9 Å². The topological polar surface area (TPSA) is 26.0 Å². The third kappa shape index (κ3) is 2.79. The van der Waals surface area contributed by atoms with Crippen molar-refractivity contribution < 1.29 is 4.39 Å². The molecule has 0 heterocycles. The van der Waals surface area contributed by atoms with Crippen molar-refractivity contribution in [3.05, 3.63) is 34.3 Å². The van der Waals surface area contributed by atoms with Gasteiger partial charge in [0.15, 0.2) is 0 Å². The molecule has 0 saturated heterocycles. The van der Waals surface area contributed by atoms with E-state index >= 15 is 0 Å². The summed E-state index contributed by atoms with van der Waals surface area (Å²) in [5.41, 5.74) is 5.24. The largest absolute Gasteiger partial charge is 0.330 e. The highest BCUT2D eigenvalue weighted by Crippen LogP contribution is 2.31. The second-order valence-electron chi connectivity index (χ2n) is 3.91. The number of hydrogen-bond donors (Lipinski definition) is 1. The minimum Gasteiger partial charge on any atom is -0.330 e. The Kier molecular flexibility index (Phi) is 3.67. The number of rotatable bonds is 3. The van der Waals surface area contributed by atoms with Gasteiger partial charge in [-0.05, 0) is 31.5 Å². The average molecular weight is 260 g/mol. The van der Waals surface area contributed by atoms with E-state index in [4.69, 9.17) is 5.73 Å². The average Bonchev–Trinajstić information content (AvgIpc) is 2.02. The van der Waals surface area contributed by atoms with Crippen molar-refractivity contribution in [1.82, 2.24) is 0 Å². The molecule has 0 aliphatic rings. The lowest BCUT2D eigenvalue weighted by Gasteiger charge is -2.26. The smallest absolute Gasteiger partial charge is 0.113 e. The SMILES string of the molecule is CC(C)(F)C(CN)c1cccc(Br)c1. The van der Waals surface area contributed by atoms with Gasteiger partial charge in [0.2, 0.25) is 0 Å². The molecule has 2 N–H and O–H groups in total. The van der Waals surface area contributed by atoms with E-state index in [1.807, 2.05) is 24.3 Å². The van der Waals surface area contributed by atoms with Crippen molar-refractivity contribution >= 4 is 15.9 Å². The van der Waals surface area contributed by atoms with Crippen molar-refractivity contribution in [3.63, 3.8) is 0 Å². The molecule has 0 saturated carbocycles. The highest BCUT2D eigenvalue weighted by molar-refractivity contribution is 9.10. The zero-order chi connectivity index (χ0) is 10.8. The third-order valence-electron chi connectivity index (χ3n) is 2.32. The van der Waals surface area contributed by atoms with Gasteiger partial charge in [-0.25, -0.2) is 4.39 Å². The molecule has 0 bridgehead atoms. The van der Waals surface area contributed by atoms with E-state index in [2.05, 4.69) is 15.9 Å². The Morgan fingerprint density at radius 1 is 1.50 bits per heavy atom. The summed E-state index contributed by atoms with van der Waals surface area (Å²) in [6, 6.07) is 7.64. The van der Waals surface area contributed by atoms with Gasteiger partial charge in [0.1, 0.15) is 5.67 Å². The molecule has 14 heavy (non-hydrogen) atoms. The first-order chi connectivity index (χ1) is 6.45. The van der Waals surface area contributed by atoms with E-state index in [-0.39, 0.29) is 5.92 Å². The number of alkyl halides is 1. The molecule has 1 rings (SSSR count). The van der Waals surface area contributed by atoms with Gasteiger partial charge in [0.05, 0.1) is 0 Å². The first-order valence-electron chi connectivity index (χ1n) is 4.59. The number of benzene rings is 1. The van der Waals surface area contributed by atoms with Crippen molar-refractivity contribution in [2.45, 2.75) is 25.4 Å². The monoisotopic (exact) mass is 259 g/mol. The van der Waals surface area contributed by atoms with Crippen molar-refractivity contribution in [3.8, 4) is 0 Å². The Morgan fingerprint density at radius 3 is 2.57 bits per heavy atom. The quantitative estimate of drug-likeness (QED) is 0.887. The van der Waals surface area contributed by atoms with E-state index in [0.717, 1.165) is 10.0 Å². The zero-order valence-corrected chi connectivity index (χ0v) is 10.0. The fourth-order valence-corrected chi connectivity index (χ4v) is 1.95. The maximum absolute atomic E-state index is 13.8. The molecular formula is C11H15BrFN. The summed E-state index contributed by atoms with van der Waals surface area (Å²) >= 11 is 3.36. The molecule has 1 atom stereocenters. The number of hydrogen-bond acceptors (Lipinski definition) is 1. The van der Waals surface area contributed by atoms with Crippen LogP contribution in [0.2, 0.25) is 0 Å². The lowest BCUT2D eigenvalue weighted by atomic mass is 9.86. The van der Waals surface area contributed by atoms with E-state index < -0.39 is 5.67 Å². The molecule has 1 nitrogen and oxygen atoms in total. The molecule has 1 unspecified atom stereocenters. The van der Waals surface area contributed by atoms with Crippen LogP contribution in [-0.2, 0) is 0 Å². The van der Waals surface area contributed by atoms with Crippen LogP contribution in [0, 0.1) is 0 Å². The van der Waals surface area contributed by atoms with E-state index in [9.17, 15) is 4.39 Å². The Balaban J connectivity index is 3.01. The molecule has 0 spiro atoms. The summed E-state index contributed by atoms with van der Waals surface area (Å²) in [6.07, 6.45) is 0. The van der Waals surface area contributed by atoms with Crippen LogP contribution in [0.4, 0.5) is 4.39 Å². The standard InChI is InChI=1S/C11H15BrFN/c1-11(2,13)10(7-14)8-4-3-5-9(12)6-8/h3-6,10H,7,14H2,1-2H3. The first-order valence-corrected chi connectivity index (χ1v) is 5.39. The van der Waals surface area contributed by atoms with Gasteiger partial charge in [-0.2, -0.15) is 0 Å². The predicted molar refractivity (Wildman–Crippen MR) is 61.1 cm³/mol. The molecule has 0 aromatic heterocycles. The van der Waals surface area contributed by atoms with Gasteiger partial charge >= 0.3 is 0 Å². The fourth-order valence-electron chi connectivity index (χ4n) is 1.54. The van der Waals surface area contributed by atoms with Gasteiger partial charge in [-0.15, -0.1) is 0 Å². The highest BCUT2D eigenvalue weighted by Gasteiger charge is 2.29. The van der Waals surface area contributed by atoms with Crippen LogP contribution in [0.1, 0.15) is 25.3 Å². The minimum atomic E-state index is -1.28. The molecule has 0 fully saturated rings. The molecule has 0 radical (unpaired) electrons. The van der Waals surface area contributed by atoms with Crippen LogP contribution in [-0.4, -0.2) is 12.2 Å². The van der Waals surface area contributed by atoms with E-state index in [0.29, 0.717) is 6.54 Å². The number of halogens is 2. The highest BCUT2D eigenvalue weighted by atomic mass is 79.9. The van der Waals surface area contributed by atoms with Crippen LogP contribution in [0.25, 0.3) is 0 Å². The van der Waals surface area contributed by atoms with Crippen molar-refractivity contribution in [1.29, 1.82) is 0 Å². The summed E-state index contributed by atoms with van der Waals surface area (Å²) < 4.78 is 14.7. The molecule has 1 aromatic rings. The van der Waals surface area contributed by atoms with Crippen LogP contribution < -0.4 is 5.73 Å². The summed E-state index contributed by atoms with van der Waals surface area (Å²) in [4.78, 5) is 0. The Bertz CT molecular complexity index is 306. The summed E-state index contributed by atoms with van der Waals surface area (Å²) in [7, 11) is 0. The first kappa shape index (κ1) is 11.7. The molecule has 0 aliphatic carbocycles.